The van der Waals surface area contributed by atoms with Crippen molar-refractivity contribution in [1.82, 2.24) is 23.5 Å². The Morgan fingerprint density at radius 2 is 1.15 bits per heavy atom. The first kappa shape index (κ1) is 52.7. The summed E-state index contributed by atoms with van der Waals surface area (Å²) < 4.78 is 35.9. The average molecular weight is 1170 g/mol. The van der Waals surface area contributed by atoms with Crippen LogP contribution in [0.2, 0.25) is 0 Å². The number of rotatable bonds is 10. The van der Waals surface area contributed by atoms with Crippen LogP contribution in [0.15, 0.2) is 137 Å². The summed E-state index contributed by atoms with van der Waals surface area (Å²) in [6.45, 7) is 12.0. The number of carbonyl (C=O) groups excluding carboxylic acids is 2. The Hall–Kier alpha value is -5.63. The number of aldehydes is 1. The number of pyridine rings is 3. The number of benzene rings is 4. The summed E-state index contributed by atoms with van der Waals surface area (Å²) in [6, 6.07) is 33.5. The summed E-state index contributed by atoms with van der Waals surface area (Å²) in [5.41, 5.74) is 2.83. The van der Waals surface area contributed by atoms with Crippen LogP contribution in [0.4, 0.5) is 4.79 Å². The Kier molecular flexibility index (Phi) is 17.5. The second-order valence-electron chi connectivity index (χ2n) is 18.5. The summed E-state index contributed by atoms with van der Waals surface area (Å²) in [6.07, 6.45) is 1.77. The average Bonchev–Trinajstić information content (AvgIpc) is 3.88. The van der Waals surface area contributed by atoms with Gasteiger partial charge >= 0.3 is 6.09 Å². The van der Waals surface area contributed by atoms with Crippen LogP contribution < -0.4 is 26.2 Å². The van der Waals surface area contributed by atoms with E-state index in [1.165, 1.54) is 10.6 Å². The standard InChI is InChI=1S/C30H36BrN3O5.C13H12BrNO3.C11H8BrNO2/c1-30(2,3)39-29(36)34(20-21-4-8-26-27(18-21)38-17-16-37-26)24-10-12-32(13-11-24)14-15-33-25-7-6-23(31)19-22(25)5-9-28(33)35;14-10-2-3-11-9(7-10)1-4-12(16)15(11)8-13-17-5-6-18-13;12-9-2-3-10-8(7-9)1-4-11(15)13(10)5-6-14/h4-9,18-19,24H,10-17,20H2,1-3H3;1-4,7,13H,5-6,8H2;1-4,6-7H,5H2. The molecule has 0 radical (unpaired) electrons. The van der Waals surface area contributed by atoms with Gasteiger partial charge in [0.1, 0.15) is 25.1 Å². The number of piperidine rings is 1. The molecule has 3 aliphatic heterocycles. The number of likely N-dealkylation sites (tertiary alicyclic amines) is 1. The Bertz CT molecular complexity index is 3250. The highest BCUT2D eigenvalue weighted by Crippen LogP contribution is 2.32. The molecule has 72 heavy (non-hydrogen) atoms. The molecule has 3 aliphatic rings. The summed E-state index contributed by atoms with van der Waals surface area (Å²) in [7, 11) is 0. The van der Waals surface area contributed by atoms with Crippen molar-refractivity contribution in [3.63, 3.8) is 0 Å². The molecule has 18 heteroatoms. The van der Waals surface area contributed by atoms with E-state index in [0.717, 1.165) is 96.2 Å². The highest BCUT2D eigenvalue weighted by Gasteiger charge is 2.32. The van der Waals surface area contributed by atoms with Crippen LogP contribution in [-0.4, -0.2) is 99.9 Å². The zero-order valence-corrected chi connectivity index (χ0v) is 45.0. The molecule has 0 spiro atoms. The van der Waals surface area contributed by atoms with Crippen molar-refractivity contribution in [2.75, 3.05) is 46.1 Å². The van der Waals surface area contributed by atoms with E-state index in [4.69, 9.17) is 23.7 Å². The second kappa shape index (κ2) is 23.9. The van der Waals surface area contributed by atoms with Gasteiger partial charge in [0.25, 0.3) is 16.7 Å². The second-order valence-corrected chi connectivity index (χ2v) is 21.2. The Labute approximate surface area is 441 Å². The molecule has 7 aromatic rings. The van der Waals surface area contributed by atoms with Crippen LogP contribution in [0.3, 0.4) is 0 Å². The number of halogens is 3. The molecule has 0 bridgehead atoms. The number of hydrogen-bond donors (Lipinski definition) is 0. The lowest BCUT2D eigenvalue weighted by molar-refractivity contribution is -0.108. The largest absolute Gasteiger partial charge is 0.486 e. The molecule has 15 nitrogen and oxygen atoms in total. The molecule has 0 N–H and O–H groups in total. The van der Waals surface area contributed by atoms with E-state index in [0.29, 0.717) is 51.8 Å². The van der Waals surface area contributed by atoms with Crippen LogP contribution in [0.25, 0.3) is 32.7 Å². The van der Waals surface area contributed by atoms with Crippen LogP contribution in [0, 0.1) is 0 Å². The van der Waals surface area contributed by atoms with Gasteiger partial charge in [-0.3, -0.25) is 14.4 Å². The number of amides is 1. The van der Waals surface area contributed by atoms with Crippen molar-refractivity contribution in [3.8, 4) is 11.5 Å². The van der Waals surface area contributed by atoms with Crippen molar-refractivity contribution >= 4 is 92.9 Å². The maximum Gasteiger partial charge on any atom is 0.410 e. The maximum atomic E-state index is 13.3. The first-order chi connectivity index (χ1) is 34.6. The maximum absolute atomic E-state index is 13.3. The quantitative estimate of drug-likeness (QED) is 0.120. The fourth-order valence-corrected chi connectivity index (χ4v) is 10.0. The molecule has 4 aromatic carbocycles. The van der Waals surface area contributed by atoms with E-state index >= 15 is 0 Å². The molecule has 2 saturated heterocycles. The molecule has 6 heterocycles. The highest BCUT2D eigenvalue weighted by molar-refractivity contribution is 9.11. The molecule has 378 valence electrons. The fraction of sp³-hybridized carbons (Fsp3) is 0.352. The van der Waals surface area contributed by atoms with Crippen molar-refractivity contribution in [2.24, 2.45) is 0 Å². The summed E-state index contributed by atoms with van der Waals surface area (Å²) in [5, 5.41) is 2.99. The molecule has 0 saturated carbocycles. The van der Waals surface area contributed by atoms with Gasteiger partial charge in [0.15, 0.2) is 17.8 Å². The Morgan fingerprint density at radius 1 is 0.639 bits per heavy atom. The zero-order chi connectivity index (χ0) is 50.9. The number of aromatic nitrogens is 3. The molecule has 2 fully saturated rings. The van der Waals surface area contributed by atoms with Gasteiger partial charge in [-0.05, 0) is 140 Å². The highest BCUT2D eigenvalue weighted by atomic mass is 79.9. The van der Waals surface area contributed by atoms with Crippen LogP contribution in [-0.2, 0) is 45.2 Å². The minimum atomic E-state index is -0.579. The molecule has 10 rings (SSSR count). The Balaban J connectivity index is 0.000000172. The molecule has 3 aromatic heterocycles. The monoisotopic (exact) mass is 1170 g/mol. The lowest BCUT2D eigenvalue weighted by atomic mass is 10.0. The van der Waals surface area contributed by atoms with Gasteiger partial charge in [-0.15, -0.1) is 0 Å². The zero-order valence-electron chi connectivity index (χ0n) is 40.3. The van der Waals surface area contributed by atoms with Crippen LogP contribution in [0.1, 0.15) is 39.2 Å². The number of carbonyl (C=O) groups is 2. The molecule has 0 aliphatic carbocycles. The van der Waals surface area contributed by atoms with Gasteiger partial charge in [-0.2, -0.15) is 0 Å². The van der Waals surface area contributed by atoms with Gasteiger partial charge < -0.3 is 52.0 Å². The lowest BCUT2D eigenvalue weighted by Gasteiger charge is -2.39. The molecule has 0 atom stereocenters. The molecule has 1 amide bonds. The third-order valence-electron chi connectivity index (χ3n) is 12.4. The van der Waals surface area contributed by atoms with Gasteiger partial charge in [-0.25, -0.2) is 4.79 Å². The van der Waals surface area contributed by atoms with E-state index in [9.17, 15) is 24.0 Å². The van der Waals surface area contributed by atoms with E-state index in [1.54, 1.807) is 22.8 Å². The normalized spacial score (nSPS) is 15.1. The third-order valence-corrected chi connectivity index (χ3v) is 13.8. The predicted molar refractivity (Wildman–Crippen MR) is 288 cm³/mol. The minimum Gasteiger partial charge on any atom is -0.486 e. The van der Waals surface area contributed by atoms with Crippen LogP contribution in [0.5, 0.6) is 11.5 Å². The van der Waals surface area contributed by atoms with E-state index in [1.807, 2.05) is 115 Å². The Morgan fingerprint density at radius 3 is 1.71 bits per heavy atom. The predicted octanol–water partition coefficient (Wildman–Crippen LogP) is 9.54. The van der Waals surface area contributed by atoms with E-state index in [-0.39, 0.29) is 41.6 Å². The molecular weight excluding hydrogens is 1120 g/mol. The van der Waals surface area contributed by atoms with Gasteiger partial charge in [0.05, 0.1) is 42.9 Å². The topological polar surface area (TPSA) is 153 Å². The summed E-state index contributed by atoms with van der Waals surface area (Å²) in [4.78, 5) is 64.1. The van der Waals surface area contributed by atoms with Crippen molar-refractivity contribution in [2.45, 2.75) is 77.7 Å². The first-order valence-electron chi connectivity index (χ1n) is 23.8. The molecule has 0 unspecified atom stereocenters. The van der Waals surface area contributed by atoms with Gasteiger partial charge in [0.2, 0.25) is 0 Å². The fourth-order valence-electron chi connectivity index (χ4n) is 8.91. The number of nitrogens with zero attached hydrogens (tertiary/aromatic N) is 5. The third kappa shape index (κ3) is 13.5. The summed E-state index contributed by atoms with van der Waals surface area (Å²) in [5.74, 6) is 1.45. The van der Waals surface area contributed by atoms with Crippen molar-refractivity contribution in [3.05, 3.63) is 159 Å². The summed E-state index contributed by atoms with van der Waals surface area (Å²) >= 11 is 10.3. The van der Waals surface area contributed by atoms with E-state index in [2.05, 4.69) is 52.7 Å². The first-order valence-corrected chi connectivity index (χ1v) is 26.1. The SMILES string of the molecule is CC(C)(C)OC(=O)N(Cc1ccc2c(c1)OCCO2)C1CCN(CCn2c(=O)ccc3cc(Br)ccc32)CC1.O=CCn1c(=O)ccc2cc(Br)ccc21.O=c1ccc2cc(Br)ccc2n1CC1OCCO1. The van der Waals surface area contributed by atoms with Crippen molar-refractivity contribution < 1.29 is 33.3 Å². The number of ether oxygens (including phenoxy) is 5. The van der Waals surface area contributed by atoms with Gasteiger partial charge in [0, 0.05) is 70.4 Å². The minimum absolute atomic E-state index is 0.00948. The van der Waals surface area contributed by atoms with Gasteiger partial charge in [-0.1, -0.05) is 53.9 Å². The number of hydrogen-bond acceptors (Lipinski definition) is 11. The van der Waals surface area contributed by atoms with E-state index < -0.39 is 5.60 Å². The number of fused-ring (bicyclic) bond motifs is 4. The lowest BCUT2D eigenvalue weighted by Crippen LogP contribution is -2.49. The molecular formula is C54H56Br3N5O10. The van der Waals surface area contributed by atoms with Crippen LogP contribution >= 0.6 is 47.8 Å². The smallest absolute Gasteiger partial charge is 0.410 e. The van der Waals surface area contributed by atoms with Crippen molar-refractivity contribution in [1.29, 1.82) is 0 Å².